The first-order valence-corrected chi connectivity index (χ1v) is 10.9. The molecule has 0 saturated heterocycles. The summed E-state index contributed by atoms with van der Waals surface area (Å²) >= 11 is 0. The number of aromatic nitrogens is 1. The summed E-state index contributed by atoms with van der Waals surface area (Å²) in [4.78, 5) is 23.4. The summed E-state index contributed by atoms with van der Waals surface area (Å²) in [6.45, 7) is 0. The maximum absolute atomic E-state index is 12.0. The van der Waals surface area contributed by atoms with Crippen LogP contribution >= 0.6 is 0 Å². The fourth-order valence-corrected chi connectivity index (χ4v) is 4.92. The number of aliphatic hydroxyl groups is 1. The van der Waals surface area contributed by atoms with Crippen molar-refractivity contribution in [3.63, 3.8) is 0 Å². The number of carboxylic acid groups (broad SMARTS) is 1. The lowest BCUT2D eigenvalue weighted by atomic mass is 9.92. The predicted octanol–water partition coefficient (Wildman–Crippen LogP) is 2.50. The van der Waals surface area contributed by atoms with Gasteiger partial charge in [-0.3, -0.25) is 14.2 Å². The largest absolute Gasteiger partial charge is 0.494 e. The van der Waals surface area contributed by atoms with Gasteiger partial charge < -0.3 is 26.4 Å². The number of nitrogens with two attached hydrogens (primary N) is 1. The van der Waals surface area contributed by atoms with Gasteiger partial charge in [-0.15, -0.1) is 0 Å². The lowest BCUT2D eigenvalue weighted by Crippen LogP contribution is -2.29. The summed E-state index contributed by atoms with van der Waals surface area (Å²) in [5.74, 6) is -1.57. The number of hydrogen-bond donors (Lipinski definition) is 5. The van der Waals surface area contributed by atoms with Crippen molar-refractivity contribution in [1.29, 1.82) is 0 Å². The van der Waals surface area contributed by atoms with Gasteiger partial charge in [0, 0.05) is 23.0 Å². The molecule has 0 unspecified atom stereocenters. The Morgan fingerprint density at radius 3 is 2.52 bits per heavy atom. The highest BCUT2D eigenvalue weighted by atomic mass is 16.4. The van der Waals surface area contributed by atoms with Gasteiger partial charge in [-0.1, -0.05) is 0 Å². The van der Waals surface area contributed by atoms with E-state index in [1.165, 1.54) is 0 Å². The molecule has 2 aliphatic rings. The molecule has 0 atom stereocenters. The van der Waals surface area contributed by atoms with Gasteiger partial charge in [0.25, 0.3) is 5.91 Å². The quantitative estimate of drug-likeness (QED) is 0.480. The summed E-state index contributed by atoms with van der Waals surface area (Å²) in [7, 11) is 0. The Bertz CT molecular complexity index is 1010. The topological polar surface area (TPSA) is 138 Å². The molecule has 8 heteroatoms. The average Bonchev–Trinajstić information content (AvgIpc) is 3.00. The monoisotopic (exact) mass is 427 g/mol. The van der Waals surface area contributed by atoms with Gasteiger partial charge in [0.2, 0.25) is 0 Å². The molecule has 1 aromatic carbocycles. The highest BCUT2D eigenvalue weighted by Gasteiger charge is 2.27. The van der Waals surface area contributed by atoms with Gasteiger partial charge >= 0.3 is 5.97 Å². The third kappa shape index (κ3) is 4.25. The van der Waals surface area contributed by atoms with E-state index in [9.17, 15) is 24.9 Å². The van der Waals surface area contributed by atoms with Gasteiger partial charge in [-0.25, -0.2) is 0 Å². The Labute approximate surface area is 180 Å². The fraction of sp³-hybridized carbons (Fsp3) is 0.478. The molecule has 31 heavy (non-hydrogen) atoms. The van der Waals surface area contributed by atoms with Crippen molar-refractivity contribution in [3.05, 3.63) is 40.6 Å². The average molecular weight is 428 g/mol. The van der Waals surface area contributed by atoms with E-state index < -0.39 is 11.9 Å². The molecule has 1 saturated carbocycles. The number of aromatic hydroxyl groups is 1. The van der Waals surface area contributed by atoms with Crippen LogP contribution in [0.2, 0.25) is 0 Å². The number of hydrogen-bond acceptors (Lipinski definition) is 5. The number of nitrogens with zero attached hydrogens (tertiary/aromatic N) is 1. The van der Waals surface area contributed by atoms with Crippen LogP contribution in [0.1, 0.15) is 65.7 Å². The summed E-state index contributed by atoms with van der Waals surface area (Å²) in [5, 5.41) is 33.4. The molecule has 0 aliphatic heterocycles. The SMILES string of the molecule is NC(=O)c1ccc(-n2c(O)c(CC(=O)O)c3c2CCCC3)cc1NC1CCC(O)CC1. The van der Waals surface area contributed by atoms with Crippen LogP contribution in [-0.4, -0.2) is 43.9 Å². The summed E-state index contributed by atoms with van der Waals surface area (Å²) in [5.41, 5.74) is 9.52. The summed E-state index contributed by atoms with van der Waals surface area (Å²) in [6, 6.07) is 5.29. The number of aliphatic carboxylic acids is 1. The van der Waals surface area contributed by atoms with Crippen LogP contribution in [-0.2, 0) is 24.1 Å². The number of anilines is 1. The molecule has 2 aromatic rings. The van der Waals surface area contributed by atoms with Crippen molar-refractivity contribution in [2.75, 3.05) is 5.32 Å². The number of rotatable bonds is 6. The minimum absolute atomic E-state index is 0.0483. The number of primary amides is 1. The molecule has 0 spiro atoms. The summed E-state index contributed by atoms with van der Waals surface area (Å²) < 4.78 is 1.72. The maximum atomic E-state index is 12.0. The van der Waals surface area contributed by atoms with Crippen molar-refractivity contribution in [2.45, 2.75) is 69.9 Å². The fourth-order valence-electron chi connectivity index (χ4n) is 4.92. The predicted molar refractivity (Wildman–Crippen MR) is 116 cm³/mol. The maximum Gasteiger partial charge on any atom is 0.308 e. The third-order valence-corrected chi connectivity index (χ3v) is 6.47. The molecule has 1 fully saturated rings. The van der Waals surface area contributed by atoms with E-state index in [1.54, 1.807) is 22.8 Å². The molecule has 1 heterocycles. The second kappa shape index (κ2) is 8.63. The standard InChI is InChI=1S/C23H29N3O5/c24-22(30)17-10-7-14(11-19(17)25-13-5-8-15(27)9-6-13)26-20-4-2-1-3-16(20)18(23(26)31)12-21(28)29/h7,10-11,13,15,25,27,31H,1-6,8-9,12H2,(H2,24,30)(H,28,29). The third-order valence-electron chi connectivity index (χ3n) is 6.47. The number of nitrogens with one attached hydrogen (secondary N) is 1. The van der Waals surface area contributed by atoms with E-state index in [1.807, 2.05) is 0 Å². The molecule has 0 radical (unpaired) electrons. The van der Waals surface area contributed by atoms with Crippen molar-refractivity contribution in [2.24, 2.45) is 5.73 Å². The first-order chi connectivity index (χ1) is 14.8. The Kier molecular flexibility index (Phi) is 5.91. The lowest BCUT2D eigenvalue weighted by molar-refractivity contribution is -0.136. The van der Waals surface area contributed by atoms with E-state index >= 15 is 0 Å². The number of carbonyl (C=O) groups is 2. The van der Waals surface area contributed by atoms with Crippen LogP contribution in [0.5, 0.6) is 5.88 Å². The van der Waals surface area contributed by atoms with E-state index in [4.69, 9.17) is 5.73 Å². The summed E-state index contributed by atoms with van der Waals surface area (Å²) in [6.07, 6.45) is 5.90. The Balaban J connectivity index is 1.75. The Morgan fingerprint density at radius 1 is 1.13 bits per heavy atom. The van der Waals surface area contributed by atoms with E-state index in [2.05, 4.69) is 5.32 Å². The minimum Gasteiger partial charge on any atom is -0.494 e. The molecule has 1 amide bonds. The number of benzene rings is 1. The molecule has 1 aromatic heterocycles. The van der Waals surface area contributed by atoms with Crippen molar-refractivity contribution in [1.82, 2.24) is 4.57 Å². The van der Waals surface area contributed by atoms with Crippen molar-refractivity contribution >= 4 is 17.6 Å². The smallest absolute Gasteiger partial charge is 0.308 e. The van der Waals surface area contributed by atoms with Gasteiger partial charge in [-0.2, -0.15) is 0 Å². The highest BCUT2D eigenvalue weighted by molar-refractivity contribution is 5.99. The van der Waals surface area contributed by atoms with Gasteiger partial charge in [0.1, 0.15) is 0 Å². The van der Waals surface area contributed by atoms with E-state index in [0.29, 0.717) is 35.3 Å². The van der Waals surface area contributed by atoms with Crippen LogP contribution < -0.4 is 11.1 Å². The van der Waals surface area contributed by atoms with Gasteiger partial charge in [0.05, 0.1) is 23.8 Å². The minimum atomic E-state index is -0.980. The first kappa shape index (κ1) is 21.2. The number of carbonyl (C=O) groups excluding carboxylic acids is 1. The van der Waals surface area contributed by atoms with Crippen molar-refractivity contribution < 1.29 is 24.9 Å². The van der Waals surface area contributed by atoms with Crippen LogP contribution in [0.4, 0.5) is 5.69 Å². The molecular weight excluding hydrogens is 398 g/mol. The Morgan fingerprint density at radius 2 is 1.84 bits per heavy atom. The number of amides is 1. The zero-order valence-corrected chi connectivity index (χ0v) is 17.4. The van der Waals surface area contributed by atoms with Crippen LogP contribution in [0.15, 0.2) is 18.2 Å². The van der Waals surface area contributed by atoms with E-state index in [-0.39, 0.29) is 24.4 Å². The van der Waals surface area contributed by atoms with Crippen LogP contribution in [0.3, 0.4) is 0 Å². The number of aliphatic hydroxyl groups excluding tert-OH is 1. The van der Waals surface area contributed by atoms with Crippen LogP contribution in [0, 0.1) is 0 Å². The number of fused-ring (bicyclic) bond motifs is 1. The molecule has 4 rings (SSSR count). The molecular formula is C23H29N3O5. The zero-order valence-electron chi connectivity index (χ0n) is 17.4. The highest BCUT2D eigenvalue weighted by Crippen LogP contribution is 2.38. The molecule has 166 valence electrons. The Hall–Kier alpha value is -3.00. The van der Waals surface area contributed by atoms with Crippen molar-refractivity contribution in [3.8, 4) is 11.6 Å². The van der Waals surface area contributed by atoms with E-state index in [0.717, 1.165) is 49.8 Å². The molecule has 6 N–H and O–H groups in total. The lowest BCUT2D eigenvalue weighted by Gasteiger charge is -2.28. The number of carboxylic acids is 1. The van der Waals surface area contributed by atoms with Crippen LogP contribution in [0.25, 0.3) is 5.69 Å². The molecule has 0 bridgehead atoms. The zero-order chi connectivity index (χ0) is 22.1. The van der Waals surface area contributed by atoms with Gasteiger partial charge in [0.15, 0.2) is 5.88 Å². The second-order valence-electron chi connectivity index (χ2n) is 8.58. The normalized spacial score (nSPS) is 20.8. The molecule has 8 nitrogen and oxygen atoms in total. The van der Waals surface area contributed by atoms with Gasteiger partial charge in [-0.05, 0) is 75.1 Å². The molecule has 2 aliphatic carbocycles. The first-order valence-electron chi connectivity index (χ1n) is 10.9. The second-order valence-corrected chi connectivity index (χ2v) is 8.58.